The van der Waals surface area contributed by atoms with E-state index in [1.165, 1.54) is 0 Å². The summed E-state index contributed by atoms with van der Waals surface area (Å²) >= 11 is 12.1. The summed E-state index contributed by atoms with van der Waals surface area (Å²) in [5.41, 5.74) is 7.00. The van der Waals surface area contributed by atoms with Gasteiger partial charge in [-0.1, -0.05) is 53.5 Å². The number of amides is 2. The first-order valence-corrected chi connectivity index (χ1v) is 9.70. The molecule has 0 aliphatic carbocycles. The van der Waals surface area contributed by atoms with Crippen LogP contribution in [0, 0.1) is 0 Å². The molecular weight excluding hydrogens is 413 g/mol. The van der Waals surface area contributed by atoms with E-state index in [0.29, 0.717) is 33.7 Å². The summed E-state index contributed by atoms with van der Waals surface area (Å²) in [7, 11) is 0. The number of rotatable bonds is 8. The van der Waals surface area contributed by atoms with E-state index in [4.69, 9.17) is 33.4 Å². The first-order valence-electron chi connectivity index (χ1n) is 8.95. The normalized spacial score (nSPS) is 11.8. The number of hydrogen-bond donors (Lipinski definition) is 2. The van der Waals surface area contributed by atoms with Crippen molar-refractivity contribution < 1.29 is 14.0 Å². The molecule has 1 heterocycles. The van der Waals surface area contributed by atoms with Crippen LogP contribution in [0.5, 0.6) is 0 Å². The van der Waals surface area contributed by atoms with Crippen molar-refractivity contribution >= 4 is 35.0 Å². The molecule has 0 saturated heterocycles. The lowest BCUT2D eigenvalue weighted by Gasteiger charge is -2.15. The molecule has 2 aromatic carbocycles. The summed E-state index contributed by atoms with van der Waals surface area (Å²) in [6.45, 7) is 0. The molecule has 0 fully saturated rings. The minimum Gasteiger partial charge on any atom is -0.441 e. The third-order valence-electron chi connectivity index (χ3n) is 4.28. The Kier molecular flexibility index (Phi) is 6.90. The second-order valence-corrected chi connectivity index (χ2v) is 7.30. The van der Waals surface area contributed by atoms with Crippen molar-refractivity contribution in [3.8, 4) is 11.3 Å². The number of nitrogens with one attached hydrogen (secondary N) is 1. The Labute approximate surface area is 178 Å². The van der Waals surface area contributed by atoms with Crippen LogP contribution in [0.25, 0.3) is 11.3 Å². The van der Waals surface area contributed by atoms with Gasteiger partial charge in [0.05, 0.1) is 11.2 Å². The summed E-state index contributed by atoms with van der Waals surface area (Å²) in [4.78, 5) is 28.1. The number of carbonyl (C=O) groups excluding carboxylic acids is 2. The van der Waals surface area contributed by atoms with E-state index in [-0.39, 0.29) is 18.7 Å². The molecule has 3 aromatic rings. The number of hydrogen-bond acceptors (Lipinski definition) is 4. The van der Waals surface area contributed by atoms with Crippen LogP contribution in [0.2, 0.25) is 10.0 Å². The van der Waals surface area contributed by atoms with Gasteiger partial charge in [-0.05, 0) is 23.8 Å². The van der Waals surface area contributed by atoms with Crippen LogP contribution in [0.1, 0.15) is 17.9 Å². The van der Waals surface area contributed by atoms with E-state index in [9.17, 15) is 9.59 Å². The molecule has 2 amide bonds. The van der Waals surface area contributed by atoms with E-state index in [0.717, 1.165) is 5.56 Å². The van der Waals surface area contributed by atoms with Crippen LogP contribution in [0.3, 0.4) is 0 Å². The molecule has 0 bridgehead atoms. The second-order valence-electron chi connectivity index (χ2n) is 6.45. The van der Waals surface area contributed by atoms with Crippen molar-refractivity contribution in [2.75, 3.05) is 0 Å². The molecule has 3 rings (SSSR count). The van der Waals surface area contributed by atoms with Gasteiger partial charge in [-0.25, -0.2) is 4.98 Å². The van der Waals surface area contributed by atoms with Crippen molar-refractivity contribution in [3.05, 3.63) is 76.2 Å². The SMILES string of the molecule is NC(=O)C(Cc1ccccc1)NC(=O)CCc1ncc(-c2ccc(Cl)cc2Cl)o1. The summed E-state index contributed by atoms with van der Waals surface area (Å²) in [5, 5.41) is 3.64. The molecule has 1 unspecified atom stereocenters. The summed E-state index contributed by atoms with van der Waals surface area (Å²) < 4.78 is 5.68. The maximum absolute atomic E-state index is 12.3. The topological polar surface area (TPSA) is 98.2 Å². The number of oxazole rings is 1. The lowest BCUT2D eigenvalue weighted by atomic mass is 10.1. The minimum atomic E-state index is -0.780. The molecule has 1 atom stereocenters. The van der Waals surface area contributed by atoms with E-state index in [1.807, 2.05) is 30.3 Å². The smallest absolute Gasteiger partial charge is 0.240 e. The number of nitrogens with zero attached hydrogens (tertiary/aromatic N) is 1. The molecule has 6 nitrogen and oxygen atoms in total. The Bertz CT molecular complexity index is 1010. The maximum Gasteiger partial charge on any atom is 0.240 e. The Morgan fingerprint density at radius 1 is 1.14 bits per heavy atom. The molecule has 29 heavy (non-hydrogen) atoms. The largest absolute Gasteiger partial charge is 0.441 e. The lowest BCUT2D eigenvalue weighted by molar-refractivity contribution is -0.127. The highest BCUT2D eigenvalue weighted by Gasteiger charge is 2.19. The van der Waals surface area contributed by atoms with Gasteiger partial charge < -0.3 is 15.5 Å². The molecule has 0 spiro atoms. The van der Waals surface area contributed by atoms with E-state index in [2.05, 4.69) is 10.3 Å². The van der Waals surface area contributed by atoms with Gasteiger partial charge in [-0.15, -0.1) is 0 Å². The predicted molar refractivity (Wildman–Crippen MR) is 112 cm³/mol. The van der Waals surface area contributed by atoms with E-state index < -0.39 is 11.9 Å². The zero-order chi connectivity index (χ0) is 20.8. The Balaban J connectivity index is 1.57. The van der Waals surface area contributed by atoms with Crippen molar-refractivity contribution in [1.29, 1.82) is 0 Å². The number of benzene rings is 2. The highest BCUT2D eigenvalue weighted by atomic mass is 35.5. The number of aryl methyl sites for hydroxylation is 1. The summed E-state index contributed by atoms with van der Waals surface area (Å²) in [6.07, 6.45) is 2.25. The minimum absolute atomic E-state index is 0.104. The maximum atomic E-state index is 12.3. The van der Waals surface area contributed by atoms with Crippen LogP contribution >= 0.6 is 23.2 Å². The number of primary amides is 1. The highest BCUT2D eigenvalue weighted by Crippen LogP contribution is 2.30. The first-order chi connectivity index (χ1) is 13.9. The second kappa shape index (κ2) is 9.58. The van der Waals surface area contributed by atoms with Crippen LogP contribution in [0.4, 0.5) is 0 Å². The monoisotopic (exact) mass is 431 g/mol. The zero-order valence-electron chi connectivity index (χ0n) is 15.4. The van der Waals surface area contributed by atoms with Crippen LogP contribution < -0.4 is 11.1 Å². The molecule has 0 saturated carbocycles. The average molecular weight is 432 g/mol. The quantitative estimate of drug-likeness (QED) is 0.566. The van der Waals surface area contributed by atoms with Gasteiger partial charge in [0.25, 0.3) is 0 Å². The Hall–Kier alpha value is -2.83. The number of carbonyl (C=O) groups is 2. The van der Waals surface area contributed by atoms with E-state index >= 15 is 0 Å². The number of aromatic nitrogens is 1. The lowest BCUT2D eigenvalue weighted by Crippen LogP contribution is -2.45. The van der Waals surface area contributed by atoms with Crippen molar-refractivity contribution in [2.45, 2.75) is 25.3 Å². The first kappa shape index (κ1) is 20.9. The van der Waals surface area contributed by atoms with Gasteiger partial charge in [-0.2, -0.15) is 0 Å². The molecule has 150 valence electrons. The van der Waals surface area contributed by atoms with Gasteiger partial charge in [0.2, 0.25) is 11.8 Å². The van der Waals surface area contributed by atoms with Gasteiger partial charge in [0.1, 0.15) is 6.04 Å². The summed E-state index contributed by atoms with van der Waals surface area (Å²) in [6, 6.07) is 13.6. The van der Waals surface area contributed by atoms with Gasteiger partial charge in [-0.3, -0.25) is 9.59 Å². The van der Waals surface area contributed by atoms with Crippen LogP contribution in [0.15, 0.2) is 59.1 Å². The van der Waals surface area contributed by atoms with E-state index in [1.54, 1.807) is 24.4 Å². The Morgan fingerprint density at radius 3 is 2.59 bits per heavy atom. The molecule has 0 radical (unpaired) electrons. The van der Waals surface area contributed by atoms with Crippen molar-refractivity contribution in [1.82, 2.24) is 10.3 Å². The van der Waals surface area contributed by atoms with Gasteiger partial charge in [0, 0.05) is 29.8 Å². The zero-order valence-corrected chi connectivity index (χ0v) is 16.9. The highest BCUT2D eigenvalue weighted by molar-refractivity contribution is 6.36. The molecule has 3 N–H and O–H groups in total. The van der Waals surface area contributed by atoms with Gasteiger partial charge in [0.15, 0.2) is 11.7 Å². The molecule has 8 heteroatoms. The average Bonchev–Trinajstić information content (AvgIpc) is 3.15. The molecular formula is C21H19Cl2N3O3. The van der Waals surface area contributed by atoms with Crippen molar-refractivity contribution in [2.24, 2.45) is 5.73 Å². The Morgan fingerprint density at radius 2 is 1.90 bits per heavy atom. The standard InChI is InChI=1S/C21H19Cl2N3O3/c22-14-6-7-15(16(23)11-14)18-12-25-20(29-18)9-8-19(27)26-17(21(24)28)10-13-4-2-1-3-5-13/h1-7,11-12,17H,8-10H2,(H2,24,28)(H,26,27). The van der Waals surface area contributed by atoms with Crippen molar-refractivity contribution in [3.63, 3.8) is 0 Å². The molecule has 0 aliphatic rings. The third kappa shape index (κ3) is 5.82. The number of nitrogens with two attached hydrogens (primary N) is 1. The fourth-order valence-corrected chi connectivity index (χ4v) is 3.30. The van der Waals surface area contributed by atoms with Crippen LogP contribution in [-0.2, 0) is 22.4 Å². The summed E-state index contributed by atoms with van der Waals surface area (Å²) in [5.74, 6) is -0.0204. The third-order valence-corrected chi connectivity index (χ3v) is 4.83. The van der Waals surface area contributed by atoms with Crippen LogP contribution in [-0.4, -0.2) is 22.8 Å². The fraction of sp³-hybridized carbons (Fsp3) is 0.190. The van der Waals surface area contributed by atoms with Gasteiger partial charge >= 0.3 is 0 Å². The number of halogens is 2. The fourth-order valence-electron chi connectivity index (χ4n) is 2.80. The molecule has 0 aliphatic heterocycles. The molecule has 1 aromatic heterocycles. The predicted octanol–water partition coefficient (Wildman–Crippen LogP) is 3.79.